The number of rotatable bonds is 1. The van der Waals surface area contributed by atoms with E-state index in [1.807, 2.05) is 20.0 Å². The summed E-state index contributed by atoms with van der Waals surface area (Å²) < 4.78 is 0. The van der Waals surface area contributed by atoms with Crippen molar-refractivity contribution >= 4 is 27.4 Å². The van der Waals surface area contributed by atoms with Crippen LogP contribution in [-0.4, -0.2) is 26.5 Å². The fraction of sp³-hybridized carbons (Fsp3) is 0.412. The van der Waals surface area contributed by atoms with E-state index >= 15 is 0 Å². The van der Waals surface area contributed by atoms with Gasteiger partial charge in [-0.3, -0.25) is 0 Å². The highest BCUT2D eigenvalue weighted by atomic mass is 32.1. The van der Waals surface area contributed by atoms with Crippen LogP contribution in [0.3, 0.4) is 0 Å². The maximum Gasteiger partial charge on any atom is 0.141 e. The van der Waals surface area contributed by atoms with Crippen molar-refractivity contribution in [2.45, 2.75) is 40.7 Å². The third-order valence-electron chi connectivity index (χ3n) is 4.49. The van der Waals surface area contributed by atoms with E-state index in [-0.39, 0.29) is 0 Å². The lowest BCUT2D eigenvalue weighted by Gasteiger charge is -2.29. The normalized spacial score (nSPS) is 14.3. The van der Waals surface area contributed by atoms with Gasteiger partial charge >= 0.3 is 0 Å². The van der Waals surface area contributed by atoms with Gasteiger partial charge in [-0.25, -0.2) is 19.9 Å². The zero-order valence-corrected chi connectivity index (χ0v) is 14.7. The average molecular weight is 325 g/mol. The van der Waals surface area contributed by atoms with Gasteiger partial charge in [0.05, 0.1) is 17.6 Å². The van der Waals surface area contributed by atoms with Crippen LogP contribution in [0.1, 0.15) is 33.3 Å². The Bertz CT molecular complexity index is 915. The van der Waals surface area contributed by atoms with Crippen molar-refractivity contribution in [3.05, 3.63) is 39.5 Å². The molecular weight excluding hydrogens is 306 g/mol. The molecule has 3 aromatic heterocycles. The summed E-state index contributed by atoms with van der Waals surface area (Å²) in [6.45, 7) is 9.97. The molecule has 0 atom stereocenters. The highest BCUT2D eigenvalue weighted by Gasteiger charge is 2.23. The molecule has 0 saturated heterocycles. The Morgan fingerprint density at radius 3 is 2.70 bits per heavy atom. The zero-order chi connectivity index (χ0) is 16.1. The number of hydrogen-bond acceptors (Lipinski definition) is 6. The first kappa shape index (κ1) is 14.5. The van der Waals surface area contributed by atoms with Crippen molar-refractivity contribution in [3.63, 3.8) is 0 Å². The third kappa shape index (κ3) is 2.37. The summed E-state index contributed by atoms with van der Waals surface area (Å²) in [6, 6.07) is 0. The largest absolute Gasteiger partial charge is 0.350 e. The molecule has 0 fully saturated rings. The second kappa shape index (κ2) is 5.23. The minimum Gasteiger partial charge on any atom is -0.350 e. The van der Waals surface area contributed by atoms with Gasteiger partial charge in [-0.2, -0.15) is 0 Å². The first-order chi connectivity index (χ1) is 11.0. The van der Waals surface area contributed by atoms with Crippen LogP contribution in [0.25, 0.3) is 10.2 Å². The van der Waals surface area contributed by atoms with Gasteiger partial charge in [0.15, 0.2) is 0 Å². The van der Waals surface area contributed by atoms with Crippen molar-refractivity contribution < 1.29 is 0 Å². The first-order valence-corrected chi connectivity index (χ1v) is 8.65. The molecule has 0 radical (unpaired) electrons. The number of aromatic nitrogens is 4. The second-order valence-electron chi connectivity index (χ2n) is 6.12. The van der Waals surface area contributed by atoms with E-state index in [9.17, 15) is 0 Å². The number of thiophene rings is 1. The molecule has 0 aliphatic carbocycles. The molecular formula is C17H19N5S. The lowest BCUT2D eigenvalue weighted by molar-refractivity contribution is 0.690. The number of fused-ring (bicyclic) bond motifs is 2. The van der Waals surface area contributed by atoms with Gasteiger partial charge in [-0.1, -0.05) is 0 Å². The molecule has 0 saturated carbocycles. The molecule has 118 valence electrons. The Hall–Kier alpha value is -2.08. The molecule has 3 aromatic rings. The summed E-state index contributed by atoms with van der Waals surface area (Å²) in [5.74, 6) is 2.71. The Morgan fingerprint density at radius 1 is 1.04 bits per heavy atom. The summed E-state index contributed by atoms with van der Waals surface area (Å²) in [7, 11) is 0. The monoisotopic (exact) mass is 325 g/mol. The minimum absolute atomic E-state index is 0.790. The summed E-state index contributed by atoms with van der Waals surface area (Å²) in [5, 5.41) is 1.20. The van der Waals surface area contributed by atoms with E-state index in [0.717, 1.165) is 47.5 Å². The van der Waals surface area contributed by atoms with Gasteiger partial charge in [0, 0.05) is 17.6 Å². The third-order valence-corrected chi connectivity index (χ3v) is 5.59. The zero-order valence-electron chi connectivity index (χ0n) is 13.8. The Kier molecular flexibility index (Phi) is 3.30. The Balaban J connectivity index is 1.84. The molecule has 0 amide bonds. The van der Waals surface area contributed by atoms with Crippen molar-refractivity contribution in [3.8, 4) is 0 Å². The minimum atomic E-state index is 0.790. The van der Waals surface area contributed by atoms with E-state index in [2.05, 4.69) is 33.7 Å². The van der Waals surface area contributed by atoms with Gasteiger partial charge in [0.1, 0.15) is 22.3 Å². The quantitative estimate of drug-likeness (QED) is 0.687. The molecule has 0 N–H and O–H groups in total. The van der Waals surface area contributed by atoms with Crippen LogP contribution in [0.4, 0.5) is 5.82 Å². The number of hydrogen-bond donors (Lipinski definition) is 0. The topological polar surface area (TPSA) is 54.8 Å². The van der Waals surface area contributed by atoms with Crippen molar-refractivity contribution in [1.82, 2.24) is 19.9 Å². The molecule has 23 heavy (non-hydrogen) atoms. The predicted molar refractivity (Wildman–Crippen MR) is 93.1 cm³/mol. The van der Waals surface area contributed by atoms with Gasteiger partial charge in [0.25, 0.3) is 0 Å². The highest BCUT2D eigenvalue weighted by molar-refractivity contribution is 7.18. The first-order valence-electron chi connectivity index (χ1n) is 7.83. The van der Waals surface area contributed by atoms with Gasteiger partial charge in [-0.05, 0) is 45.2 Å². The van der Waals surface area contributed by atoms with Crippen molar-refractivity contribution in [2.24, 2.45) is 0 Å². The molecule has 0 unspecified atom stereocenters. The molecule has 5 nitrogen and oxygen atoms in total. The van der Waals surface area contributed by atoms with E-state index in [4.69, 9.17) is 4.98 Å². The maximum absolute atomic E-state index is 4.77. The van der Waals surface area contributed by atoms with Crippen LogP contribution in [0.2, 0.25) is 0 Å². The van der Waals surface area contributed by atoms with Crippen LogP contribution in [-0.2, 0) is 13.0 Å². The summed E-state index contributed by atoms with van der Waals surface area (Å²) in [6.07, 6.45) is 2.93. The fourth-order valence-electron chi connectivity index (χ4n) is 3.14. The molecule has 4 heterocycles. The molecule has 0 spiro atoms. The van der Waals surface area contributed by atoms with Crippen LogP contribution in [0, 0.1) is 27.7 Å². The lowest BCUT2D eigenvalue weighted by Crippen LogP contribution is -2.32. The molecule has 6 heteroatoms. The van der Waals surface area contributed by atoms with E-state index in [1.165, 1.54) is 21.4 Å². The smallest absolute Gasteiger partial charge is 0.141 e. The Labute approximate surface area is 139 Å². The van der Waals surface area contributed by atoms with E-state index in [0.29, 0.717) is 0 Å². The van der Waals surface area contributed by atoms with Gasteiger partial charge in [0.2, 0.25) is 0 Å². The predicted octanol–water partition coefficient (Wildman–Crippen LogP) is 3.28. The van der Waals surface area contributed by atoms with Crippen molar-refractivity contribution in [1.29, 1.82) is 0 Å². The van der Waals surface area contributed by atoms with E-state index < -0.39 is 0 Å². The maximum atomic E-state index is 4.77. The fourth-order valence-corrected chi connectivity index (χ4v) is 4.21. The molecule has 1 aliphatic heterocycles. The van der Waals surface area contributed by atoms with Gasteiger partial charge in [-0.15, -0.1) is 11.3 Å². The van der Waals surface area contributed by atoms with E-state index in [1.54, 1.807) is 11.3 Å². The Morgan fingerprint density at radius 2 is 1.87 bits per heavy atom. The SMILES string of the molecule is Cc1ncc2c(n1)CN(c1nc(C)nc3sc(C)c(C)c13)CC2. The second-order valence-corrected chi connectivity index (χ2v) is 7.32. The van der Waals surface area contributed by atoms with Gasteiger partial charge < -0.3 is 4.90 Å². The van der Waals surface area contributed by atoms with Crippen LogP contribution in [0.15, 0.2) is 6.20 Å². The average Bonchev–Trinajstić information content (AvgIpc) is 2.80. The molecule has 1 aliphatic rings. The molecule has 0 aromatic carbocycles. The highest BCUT2D eigenvalue weighted by Crippen LogP contribution is 2.36. The summed E-state index contributed by atoms with van der Waals surface area (Å²) >= 11 is 1.76. The van der Waals surface area contributed by atoms with Crippen LogP contribution < -0.4 is 4.90 Å². The number of anilines is 1. The number of nitrogens with zero attached hydrogens (tertiary/aromatic N) is 5. The summed E-state index contributed by atoms with van der Waals surface area (Å²) in [5.41, 5.74) is 3.68. The standard InChI is InChI=1S/C17H19N5S/c1-9-10(2)23-17-15(9)16(20-12(4)21-17)22-6-5-13-7-18-11(3)19-14(13)8-22/h7H,5-6,8H2,1-4H3. The lowest BCUT2D eigenvalue weighted by atomic mass is 10.1. The van der Waals surface area contributed by atoms with Crippen LogP contribution >= 0.6 is 11.3 Å². The molecule has 4 rings (SSSR count). The summed E-state index contributed by atoms with van der Waals surface area (Å²) in [4.78, 5) is 23.1. The number of aryl methyl sites for hydroxylation is 4. The molecule has 0 bridgehead atoms. The van der Waals surface area contributed by atoms with Crippen molar-refractivity contribution in [2.75, 3.05) is 11.4 Å². The van der Waals surface area contributed by atoms with Crippen LogP contribution in [0.5, 0.6) is 0 Å².